The average Bonchev–Trinajstić information content (AvgIpc) is 2.41. The molecule has 2 N–H and O–H groups in total. The molecule has 0 saturated carbocycles. The zero-order valence-electron chi connectivity index (χ0n) is 7.37. The Hall–Kier alpha value is -0.700. The second-order valence-electron chi connectivity index (χ2n) is 2.59. The molecule has 1 rings (SSSR count). The normalized spacial score (nSPS) is 11.1. The Morgan fingerprint density at radius 3 is 2.79 bits per heavy atom. The second-order valence-corrected chi connectivity index (χ2v) is 5.17. The Labute approximate surface area is 100 Å². The van der Waals surface area contributed by atoms with Crippen LogP contribution in [0, 0.1) is 18.3 Å². The molecule has 2 nitrogen and oxygen atoms in total. The molecule has 72 valence electrons. The van der Waals surface area contributed by atoms with Gasteiger partial charge in [0.05, 0.1) is 5.57 Å². The molecule has 0 radical (unpaired) electrons. The van der Waals surface area contributed by atoms with Crippen molar-refractivity contribution in [3.63, 3.8) is 0 Å². The summed E-state index contributed by atoms with van der Waals surface area (Å²) in [5.41, 5.74) is 5.71. The molecular formula is C9H7BrN2S2. The lowest BCUT2D eigenvalue weighted by molar-refractivity contribution is 1.52. The average molecular weight is 287 g/mol. The highest BCUT2D eigenvalue weighted by Gasteiger charge is 2.03. The molecule has 0 fully saturated rings. The Bertz CT molecular complexity index is 421. The van der Waals surface area contributed by atoms with E-state index < -0.39 is 0 Å². The fraction of sp³-hybridized carbons (Fsp3) is 0.111. The third-order valence-corrected chi connectivity index (χ3v) is 3.85. The minimum absolute atomic E-state index is 0.134. The molecule has 0 spiro atoms. The van der Waals surface area contributed by atoms with Crippen LogP contribution in [0.3, 0.4) is 0 Å². The van der Waals surface area contributed by atoms with E-state index in [1.54, 1.807) is 17.4 Å². The van der Waals surface area contributed by atoms with E-state index in [0.717, 1.165) is 14.2 Å². The summed E-state index contributed by atoms with van der Waals surface area (Å²) in [7, 11) is 0. The van der Waals surface area contributed by atoms with Gasteiger partial charge >= 0.3 is 0 Å². The summed E-state index contributed by atoms with van der Waals surface area (Å²) in [6, 6.07) is 3.91. The molecule has 0 aliphatic carbocycles. The van der Waals surface area contributed by atoms with Crippen LogP contribution >= 0.6 is 39.5 Å². The van der Waals surface area contributed by atoms with Crippen molar-refractivity contribution in [1.82, 2.24) is 0 Å². The van der Waals surface area contributed by atoms with Gasteiger partial charge in [0.15, 0.2) is 0 Å². The van der Waals surface area contributed by atoms with E-state index in [2.05, 4.69) is 15.9 Å². The van der Waals surface area contributed by atoms with Crippen LogP contribution in [0.5, 0.6) is 0 Å². The monoisotopic (exact) mass is 286 g/mol. The smallest absolute Gasteiger partial charge is 0.114 e. The first-order chi connectivity index (χ1) is 6.54. The van der Waals surface area contributed by atoms with E-state index in [0.29, 0.717) is 5.57 Å². The maximum Gasteiger partial charge on any atom is 0.114 e. The standard InChI is InChI=1S/C9H7BrN2S2/c1-5-8(10)3-7(14-5)2-6(4-11)9(12)13/h2-3H,1H3,(H2,12,13)/b6-2+. The second kappa shape index (κ2) is 4.69. The fourth-order valence-electron chi connectivity index (χ4n) is 0.853. The summed E-state index contributed by atoms with van der Waals surface area (Å²) in [4.78, 5) is 2.27. The molecule has 1 aromatic heterocycles. The van der Waals surface area contributed by atoms with Crippen LogP contribution in [0.1, 0.15) is 9.75 Å². The lowest BCUT2D eigenvalue weighted by atomic mass is 10.2. The number of halogens is 1. The topological polar surface area (TPSA) is 49.8 Å². The van der Waals surface area contributed by atoms with Gasteiger partial charge in [0, 0.05) is 14.2 Å². The molecule has 0 aromatic carbocycles. The first-order valence-corrected chi connectivity index (χ1v) is 5.74. The number of nitrogens with zero attached hydrogens (tertiary/aromatic N) is 1. The van der Waals surface area contributed by atoms with E-state index >= 15 is 0 Å². The molecule has 0 aliphatic heterocycles. The zero-order chi connectivity index (χ0) is 10.7. The summed E-state index contributed by atoms with van der Waals surface area (Å²) >= 11 is 9.72. The summed E-state index contributed by atoms with van der Waals surface area (Å²) < 4.78 is 1.04. The summed E-state index contributed by atoms with van der Waals surface area (Å²) in [6.45, 7) is 2.00. The van der Waals surface area contributed by atoms with Crippen LogP contribution < -0.4 is 5.73 Å². The molecule has 5 heteroatoms. The van der Waals surface area contributed by atoms with E-state index in [1.165, 1.54) is 0 Å². The van der Waals surface area contributed by atoms with Gasteiger partial charge in [-0.15, -0.1) is 11.3 Å². The summed E-state index contributed by atoms with van der Waals surface area (Å²) in [6.07, 6.45) is 1.70. The number of nitrogens with two attached hydrogens (primary N) is 1. The molecular weight excluding hydrogens is 280 g/mol. The third-order valence-electron chi connectivity index (χ3n) is 1.55. The van der Waals surface area contributed by atoms with Gasteiger partial charge in [0.1, 0.15) is 11.1 Å². The lowest BCUT2D eigenvalue weighted by Gasteiger charge is -1.91. The van der Waals surface area contributed by atoms with Crippen LogP contribution in [-0.4, -0.2) is 4.99 Å². The van der Waals surface area contributed by atoms with Crippen molar-refractivity contribution in [2.24, 2.45) is 5.73 Å². The van der Waals surface area contributed by atoms with Crippen molar-refractivity contribution in [1.29, 1.82) is 5.26 Å². The first-order valence-electron chi connectivity index (χ1n) is 3.72. The fourth-order valence-corrected chi connectivity index (χ4v) is 2.46. The molecule has 0 bridgehead atoms. The van der Waals surface area contributed by atoms with Crippen LogP contribution in [0.4, 0.5) is 0 Å². The molecule has 0 aliphatic rings. The van der Waals surface area contributed by atoms with Crippen LogP contribution in [-0.2, 0) is 0 Å². The van der Waals surface area contributed by atoms with Gasteiger partial charge in [-0.25, -0.2) is 0 Å². The van der Waals surface area contributed by atoms with Gasteiger partial charge < -0.3 is 5.73 Å². The Balaban J connectivity index is 3.08. The number of thiophene rings is 1. The molecule has 0 amide bonds. The quantitative estimate of drug-likeness (QED) is 0.517. The number of aryl methyl sites for hydroxylation is 1. The van der Waals surface area contributed by atoms with Crippen molar-refractivity contribution >= 4 is 50.5 Å². The van der Waals surface area contributed by atoms with E-state index in [1.807, 2.05) is 19.1 Å². The van der Waals surface area contributed by atoms with Gasteiger partial charge in [0.25, 0.3) is 0 Å². The highest BCUT2D eigenvalue weighted by Crippen LogP contribution is 2.27. The van der Waals surface area contributed by atoms with Gasteiger partial charge in [-0.2, -0.15) is 5.26 Å². The predicted molar refractivity (Wildman–Crippen MR) is 67.1 cm³/mol. The maximum atomic E-state index is 8.74. The van der Waals surface area contributed by atoms with Crippen molar-refractivity contribution in [3.05, 3.63) is 25.9 Å². The number of thiocarbonyl (C=S) groups is 1. The summed E-state index contributed by atoms with van der Waals surface area (Å²) in [5, 5.41) is 8.74. The maximum absolute atomic E-state index is 8.74. The highest BCUT2D eigenvalue weighted by atomic mass is 79.9. The number of hydrogen-bond acceptors (Lipinski definition) is 3. The number of hydrogen-bond donors (Lipinski definition) is 1. The zero-order valence-corrected chi connectivity index (χ0v) is 10.6. The molecule has 0 unspecified atom stereocenters. The first kappa shape index (κ1) is 11.4. The summed E-state index contributed by atoms with van der Waals surface area (Å²) in [5.74, 6) is 0. The van der Waals surface area contributed by atoms with Crippen molar-refractivity contribution < 1.29 is 0 Å². The molecule has 0 saturated heterocycles. The minimum atomic E-state index is 0.134. The van der Waals surface area contributed by atoms with Gasteiger partial charge in [-0.1, -0.05) is 12.2 Å². The van der Waals surface area contributed by atoms with Crippen molar-refractivity contribution in [2.75, 3.05) is 0 Å². The van der Waals surface area contributed by atoms with Crippen molar-refractivity contribution in [2.45, 2.75) is 6.92 Å². The predicted octanol–water partition coefficient (Wildman–Crippen LogP) is 3.01. The molecule has 14 heavy (non-hydrogen) atoms. The third kappa shape index (κ3) is 2.64. The minimum Gasteiger partial charge on any atom is -0.389 e. The van der Waals surface area contributed by atoms with Crippen molar-refractivity contribution in [3.8, 4) is 6.07 Å². The number of rotatable bonds is 2. The Kier molecular flexibility index (Phi) is 3.81. The van der Waals surface area contributed by atoms with Crippen LogP contribution in [0.15, 0.2) is 16.1 Å². The van der Waals surface area contributed by atoms with Gasteiger partial charge in [-0.05, 0) is 35.0 Å². The Morgan fingerprint density at radius 1 is 1.79 bits per heavy atom. The Morgan fingerprint density at radius 2 is 2.43 bits per heavy atom. The van der Waals surface area contributed by atoms with Crippen LogP contribution in [0.25, 0.3) is 6.08 Å². The molecule has 0 atom stereocenters. The lowest BCUT2D eigenvalue weighted by Crippen LogP contribution is -2.09. The van der Waals surface area contributed by atoms with E-state index in [4.69, 9.17) is 23.2 Å². The van der Waals surface area contributed by atoms with Gasteiger partial charge in [0.2, 0.25) is 0 Å². The van der Waals surface area contributed by atoms with E-state index in [-0.39, 0.29) is 4.99 Å². The van der Waals surface area contributed by atoms with Crippen LogP contribution in [0.2, 0.25) is 0 Å². The SMILES string of the molecule is Cc1sc(/C=C(\C#N)C(N)=S)cc1Br. The highest BCUT2D eigenvalue weighted by molar-refractivity contribution is 9.10. The molecule has 1 aromatic rings. The largest absolute Gasteiger partial charge is 0.389 e. The van der Waals surface area contributed by atoms with Gasteiger partial charge in [-0.3, -0.25) is 0 Å². The number of nitriles is 1. The van der Waals surface area contributed by atoms with E-state index in [9.17, 15) is 0 Å². The molecule has 1 heterocycles.